The van der Waals surface area contributed by atoms with Gasteiger partial charge in [-0.3, -0.25) is 0 Å². The predicted octanol–water partition coefficient (Wildman–Crippen LogP) is 2.60. The minimum atomic E-state index is -0.0401. The Labute approximate surface area is 139 Å². The molecule has 1 aliphatic heterocycles. The molecule has 122 valence electrons. The first-order valence-electron chi connectivity index (χ1n) is 7.73. The Morgan fingerprint density at radius 3 is 3.09 bits per heavy atom. The van der Waals surface area contributed by atoms with Crippen LogP contribution in [0, 0.1) is 6.92 Å². The van der Waals surface area contributed by atoms with E-state index in [1.54, 1.807) is 11.3 Å². The smallest absolute Gasteiger partial charge is 0.317 e. The van der Waals surface area contributed by atoms with Crippen LogP contribution >= 0.6 is 11.3 Å². The van der Waals surface area contributed by atoms with Gasteiger partial charge in [-0.15, -0.1) is 16.4 Å². The van der Waals surface area contributed by atoms with Crippen molar-refractivity contribution < 1.29 is 9.53 Å². The molecule has 1 saturated heterocycles. The van der Waals surface area contributed by atoms with E-state index in [1.807, 2.05) is 41.5 Å². The van der Waals surface area contributed by atoms with Gasteiger partial charge >= 0.3 is 6.03 Å². The maximum absolute atomic E-state index is 12.3. The average Bonchev–Trinajstić information content (AvgIpc) is 3.08. The van der Waals surface area contributed by atoms with E-state index < -0.39 is 0 Å². The second kappa shape index (κ2) is 7.41. The Balaban J connectivity index is 1.51. The zero-order chi connectivity index (χ0) is 16.1. The van der Waals surface area contributed by atoms with Crippen molar-refractivity contribution in [3.8, 4) is 5.88 Å². The fraction of sp³-hybridized carbons (Fsp3) is 0.438. The normalized spacial score (nSPS) is 17.8. The van der Waals surface area contributed by atoms with Crippen LogP contribution < -0.4 is 10.1 Å². The molecule has 2 aromatic rings. The van der Waals surface area contributed by atoms with Gasteiger partial charge in [0.1, 0.15) is 6.10 Å². The number of aryl methyl sites for hydroxylation is 1. The van der Waals surface area contributed by atoms with Crippen LogP contribution in [0.25, 0.3) is 0 Å². The molecule has 0 spiro atoms. The van der Waals surface area contributed by atoms with Crippen LogP contribution in [-0.2, 0) is 6.54 Å². The number of hydrogen-bond acceptors (Lipinski definition) is 5. The summed E-state index contributed by atoms with van der Waals surface area (Å²) in [6.07, 6.45) is 1.81. The van der Waals surface area contributed by atoms with Crippen molar-refractivity contribution in [2.75, 3.05) is 13.1 Å². The third-order valence-electron chi connectivity index (χ3n) is 3.72. The molecule has 6 nitrogen and oxygen atoms in total. The van der Waals surface area contributed by atoms with Gasteiger partial charge in [-0.05, 0) is 37.3 Å². The molecule has 3 heterocycles. The first kappa shape index (κ1) is 15.7. The summed E-state index contributed by atoms with van der Waals surface area (Å²) in [6.45, 7) is 3.79. The summed E-state index contributed by atoms with van der Waals surface area (Å²) in [5, 5.41) is 13.0. The highest BCUT2D eigenvalue weighted by atomic mass is 32.1. The molecule has 0 aliphatic carbocycles. The van der Waals surface area contributed by atoms with Crippen LogP contribution in [0.2, 0.25) is 0 Å². The minimum Gasteiger partial charge on any atom is -0.471 e. The van der Waals surface area contributed by atoms with E-state index in [1.165, 1.54) is 0 Å². The summed E-state index contributed by atoms with van der Waals surface area (Å²) in [5.74, 6) is 0.515. The highest BCUT2D eigenvalue weighted by Crippen LogP contribution is 2.16. The van der Waals surface area contributed by atoms with Crippen LogP contribution in [-0.4, -0.2) is 40.3 Å². The van der Waals surface area contributed by atoms with Gasteiger partial charge in [-0.2, -0.15) is 5.10 Å². The van der Waals surface area contributed by atoms with Gasteiger partial charge in [-0.1, -0.05) is 6.07 Å². The number of likely N-dealkylation sites (tertiary alicyclic amines) is 1. The summed E-state index contributed by atoms with van der Waals surface area (Å²) < 4.78 is 5.85. The van der Waals surface area contributed by atoms with Crippen molar-refractivity contribution in [1.82, 2.24) is 20.4 Å². The third-order valence-corrected chi connectivity index (χ3v) is 4.60. The largest absolute Gasteiger partial charge is 0.471 e. The third kappa shape index (κ3) is 4.41. The second-order valence-corrected chi connectivity index (χ2v) is 6.61. The Hall–Kier alpha value is -2.15. The second-order valence-electron chi connectivity index (χ2n) is 5.58. The number of ether oxygens (including phenoxy) is 1. The van der Waals surface area contributed by atoms with E-state index in [2.05, 4.69) is 15.5 Å². The van der Waals surface area contributed by atoms with E-state index in [-0.39, 0.29) is 12.1 Å². The van der Waals surface area contributed by atoms with Gasteiger partial charge < -0.3 is 15.0 Å². The summed E-state index contributed by atoms with van der Waals surface area (Å²) in [4.78, 5) is 15.2. The number of urea groups is 1. The highest BCUT2D eigenvalue weighted by molar-refractivity contribution is 7.09. The number of aromatic nitrogens is 2. The molecular weight excluding hydrogens is 312 g/mol. The standard InChI is InChI=1S/C16H20N4O2S/c1-12-6-7-15(19-18-12)22-13-4-2-8-20(11-13)16(21)17-10-14-5-3-9-23-14/h3,5-7,9,13H,2,4,8,10-11H2,1H3,(H,17,21). The summed E-state index contributed by atoms with van der Waals surface area (Å²) >= 11 is 1.64. The molecule has 2 aromatic heterocycles. The van der Waals surface area contributed by atoms with Crippen molar-refractivity contribution in [1.29, 1.82) is 0 Å². The first-order valence-corrected chi connectivity index (χ1v) is 8.61. The predicted molar refractivity (Wildman–Crippen MR) is 88.5 cm³/mol. The Kier molecular flexibility index (Phi) is 5.07. The van der Waals surface area contributed by atoms with Crippen molar-refractivity contribution in [2.45, 2.75) is 32.4 Å². The molecule has 3 rings (SSSR count). The Morgan fingerprint density at radius 1 is 1.43 bits per heavy atom. The molecule has 1 N–H and O–H groups in total. The zero-order valence-electron chi connectivity index (χ0n) is 13.1. The number of carbonyl (C=O) groups is 1. The number of nitrogens with zero attached hydrogens (tertiary/aromatic N) is 3. The number of amides is 2. The number of carbonyl (C=O) groups excluding carboxylic acids is 1. The molecule has 1 unspecified atom stereocenters. The van der Waals surface area contributed by atoms with Crippen LogP contribution in [0.15, 0.2) is 29.6 Å². The molecule has 0 aromatic carbocycles. The molecular formula is C16H20N4O2S. The first-order chi connectivity index (χ1) is 11.2. The average molecular weight is 332 g/mol. The molecule has 0 saturated carbocycles. The summed E-state index contributed by atoms with van der Waals surface area (Å²) in [5.41, 5.74) is 0.857. The summed E-state index contributed by atoms with van der Waals surface area (Å²) in [7, 11) is 0. The monoisotopic (exact) mass is 332 g/mol. The molecule has 23 heavy (non-hydrogen) atoms. The number of thiophene rings is 1. The van der Waals surface area contributed by atoms with Crippen LogP contribution in [0.1, 0.15) is 23.4 Å². The number of piperidine rings is 1. The fourth-order valence-electron chi connectivity index (χ4n) is 2.53. The Morgan fingerprint density at radius 2 is 2.35 bits per heavy atom. The lowest BCUT2D eigenvalue weighted by Crippen LogP contribution is -2.48. The molecule has 0 bridgehead atoms. The van der Waals surface area contributed by atoms with E-state index in [0.29, 0.717) is 19.0 Å². The lowest BCUT2D eigenvalue weighted by Gasteiger charge is -2.32. The van der Waals surface area contributed by atoms with Crippen molar-refractivity contribution in [3.05, 3.63) is 40.2 Å². The maximum atomic E-state index is 12.3. The number of hydrogen-bond donors (Lipinski definition) is 1. The van der Waals surface area contributed by atoms with Gasteiger partial charge in [-0.25, -0.2) is 4.79 Å². The van der Waals surface area contributed by atoms with Crippen molar-refractivity contribution in [3.63, 3.8) is 0 Å². The molecule has 0 radical (unpaired) electrons. The zero-order valence-corrected chi connectivity index (χ0v) is 13.9. The lowest BCUT2D eigenvalue weighted by molar-refractivity contribution is 0.0969. The maximum Gasteiger partial charge on any atom is 0.317 e. The van der Waals surface area contributed by atoms with Crippen molar-refractivity contribution in [2.24, 2.45) is 0 Å². The van der Waals surface area contributed by atoms with E-state index in [9.17, 15) is 4.79 Å². The van der Waals surface area contributed by atoms with Gasteiger partial charge in [0.2, 0.25) is 5.88 Å². The lowest BCUT2D eigenvalue weighted by atomic mass is 10.1. The SMILES string of the molecule is Cc1ccc(OC2CCCN(C(=O)NCc3cccs3)C2)nn1. The van der Waals surface area contributed by atoms with Crippen LogP contribution in [0.5, 0.6) is 5.88 Å². The summed E-state index contributed by atoms with van der Waals surface area (Å²) in [6, 6.07) is 7.65. The van der Waals surface area contributed by atoms with Gasteiger partial charge in [0.25, 0.3) is 0 Å². The van der Waals surface area contributed by atoms with E-state index in [4.69, 9.17) is 4.74 Å². The van der Waals surface area contributed by atoms with Crippen LogP contribution in [0.3, 0.4) is 0 Å². The quantitative estimate of drug-likeness (QED) is 0.934. The molecule has 2 amide bonds. The molecule has 1 fully saturated rings. The fourth-order valence-corrected chi connectivity index (χ4v) is 3.17. The molecule has 1 aliphatic rings. The number of rotatable bonds is 4. The van der Waals surface area contributed by atoms with E-state index in [0.717, 1.165) is 30.0 Å². The minimum absolute atomic E-state index is 0.0340. The van der Waals surface area contributed by atoms with E-state index >= 15 is 0 Å². The van der Waals surface area contributed by atoms with Crippen molar-refractivity contribution >= 4 is 17.4 Å². The van der Waals surface area contributed by atoms with Gasteiger partial charge in [0.15, 0.2) is 0 Å². The highest BCUT2D eigenvalue weighted by Gasteiger charge is 2.25. The van der Waals surface area contributed by atoms with Gasteiger partial charge in [0, 0.05) is 17.5 Å². The molecule has 7 heteroatoms. The topological polar surface area (TPSA) is 67.3 Å². The molecule has 1 atom stereocenters. The van der Waals surface area contributed by atoms with Crippen LogP contribution in [0.4, 0.5) is 4.79 Å². The Bertz CT molecular complexity index is 630. The van der Waals surface area contributed by atoms with Gasteiger partial charge in [0.05, 0.1) is 18.8 Å². The number of nitrogens with one attached hydrogen (secondary N) is 1.